The lowest BCUT2D eigenvalue weighted by Crippen LogP contribution is -1.97. The van der Waals surface area contributed by atoms with E-state index in [1.54, 1.807) is 30.6 Å². The molecule has 4 rings (SSSR count). The fraction of sp³-hybridized carbons (Fsp3) is 0. The Kier molecular flexibility index (Phi) is 3.32. The van der Waals surface area contributed by atoms with Crippen LogP contribution in [0, 0.1) is 0 Å². The number of hydrogen-bond acceptors (Lipinski definition) is 4. The standard InChI is InChI=1S/C17H11ClN4O2/c18-9-2-1-3-10(6-9)20-16-13-8-19-5-4-11(13)12-7-14(17(23)24)21-15(12)22-16/h1-8H,(H,23,24)(H2,20,21,22). The molecular weight excluding hydrogens is 328 g/mol. The van der Waals surface area contributed by atoms with E-state index in [1.807, 2.05) is 18.2 Å². The Morgan fingerprint density at radius 3 is 2.83 bits per heavy atom. The van der Waals surface area contributed by atoms with Crippen molar-refractivity contribution >= 4 is 50.9 Å². The Balaban J connectivity index is 1.94. The van der Waals surface area contributed by atoms with Crippen LogP contribution in [0.3, 0.4) is 0 Å². The highest BCUT2D eigenvalue weighted by molar-refractivity contribution is 6.30. The molecule has 0 aliphatic heterocycles. The molecule has 6 nitrogen and oxygen atoms in total. The second-order valence-electron chi connectivity index (χ2n) is 5.27. The smallest absolute Gasteiger partial charge is 0.352 e. The summed E-state index contributed by atoms with van der Waals surface area (Å²) in [7, 11) is 0. The molecule has 118 valence electrons. The third kappa shape index (κ3) is 2.43. The van der Waals surface area contributed by atoms with Gasteiger partial charge in [0.25, 0.3) is 0 Å². The quantitative estimate of drug-likeness (QED) is 0.520. The zero-order valence-electron chi connectivity index (χ0n) is 12.2. The number of halogens is 1. The fourth-order valence-corrected chi connectivity index (χ4v) is 2.83. The van der Waals surface area contributed by atoms with E-state index in [2.05, 4.69) is 20.3 Å². The van der Waals surface area contributed by atoms with Crippen molar-refractivity contribution < 1.29 is 9.90 Å². The molecule has 0 amide bonds. The Hall–Kier alpha value is -3.12. The molecule has 0 aliphatic rings. The van der Waals surface area contributed by atoms with Crippen LogP contribution in [0.4, 0.5) is 11.5 Å². The molecule has 3 aromatic heterocycles. The van der Waals surface area contributed by atoms with Gasteiger partial charge in [0.1, 0.15) is 17.2 Å². The van der Waals surface area contributed by atoms with Gasteiger partial charge in [0.2, 0.25) is 0 Å². The molecule has 7 heteroatoms. The highest BCUT2D eigenvalue weighted by Crippen LogP contribution is 2.31. The van der Waals surface area contributed by atoms with Crippen LogP contribution >= 0.6 is 11.6 Å². The minimum Gasteiger partial charge on any atom is -0.477 e. The van der Waals surface area contributed by atoms with Crippen molar-refractivity contribution in [3.63, 3.8) is 0 Å². The topological polar surface area (TPSA) is 90.9 Å². The molecule has 3 heterocycles. The van der Waals surface area contributed by atoms with E-state index in [0.717, 1.165) is 21.8 Å². The number of pyridine rings is 2. The number of nitrogens with one attached hydrogen (secondary N) is 2. The first-order valence-corrected chi connectivity index (χ1v) is 7.52. The summed E-state index contributed by atoms with van der Waals surface area (Å²) in [5.41, 5.74) is 1.37. The summed E-state index contributed by atoms with van der Waals surface area (Å²) in [4.78, 5) is 22.7. The average molecular weight is 339 g/mol. The second-order valence-corrected chi connectivity index (χ2v) is 5.70. The fourth-order valence-electron chi connectivity index (χ4n) is 2.64. The lowest BCUT2D eigenvalue weighted by Gasteiger charge is -2.09. The largest absolute Gasteiger partial charge is 0.477 e. The molecule has 0 unspecified atom stereocenters. The molecule has 4 aromatic rings. The first-order chi connectivity index (χ1) is 11.6. The van der Waals surface area contributed by atoms with Crippen LogP contribution in [-0.2, 0) is 0 Å². The number of carboxylic acid groups (broad SMARTS) is 1. The van der Waals surface area contributed by atoms with Crippen molar-refractivity contribution in [2.45, 2.75) is 0 Å². The highest BCUT2D eigenvalue weighted by atomic mass is 35.5. The molecule has 0 saturated heterocycles. The van der Waals surface area contributed by atoms with Gasteiger partial charge in [-0.1, -0.05) is 17.7 Å². The minimum absolute atomic E-state index is 0.0931. The zero-order chi connectivity index (χ0) is 16.7. The summed E-state index contributed by atoms with van der Waals surface area (Å²) in [6.45, 7) is 0. The van der Waals surface area contributed by atoms with Gasteiger partial charge in [0.05, 0.1) is 0 Å². The maximum absolute atomic E-state index is 11.2. The number of rotatable bonds is 3. The average Bonchev–Trinajstić information content (AvgIpc) is 3.00. The SMILES string of the molecule is O=C(O)c1cc2c(nc(Nc3cccc(Cl)c3)c3cnccc32)[nH]1. The van der Waals surface area contributed by atoms with Crippen LogP contribution in [0.25, 0.3) is 21.8 Å². The molecule has 0 bridgehead atoms. The van der Waals surface area contributed by atoms with E-state index in [4.69, 9.17) is 11.6 Å². The molecule has 0 spiro atoms. The predicted molar refractivity (Wildman–Crippen MR) is 93.1 cm³/mol. The number of aromatic nitrogens is 3. The summed E-state index contributed by atoms with van der Waals surface area (Å²) < 4.78 is 0. The summed E-state index contributed by atoms with van der Waals surface area (Å²) in [5.74, 6) is -0.453. The summed E-state index contributed by atoms with van der Waals surface area (Å²) in [5, 5.41) is 15.4. The van der Waals surface area contributed by atoms with Crippen molar-refractivity contribution in [3.05, 3.63) is 59.5 Å². The molecule has 0 saturated carbocycles. The van der Waals surface area contributed by atoms with E-state index in [9.17, 15) is 9.90 Å². The summed E-state index contributed by atoms with van der Waals surface area (Å²) in [6.07, 6.45) is 3.36. The number of fused-ring (bicyclic) bond motifs is 3. The van der Waals surface area contributed by atoms with E-state index in [1.165, 1.54) is 0 Å². The minimum atomic E-state index is -1.03. The third-order valence-corrected chi connectivity index (χ3v) is 3.94. The van der Waals surface area contributed by atoms with Gasteiger partial charge in [-0.25, -0.2) is 9.78 Å². The van der Waals surface area contributed by atoms with Crippen LogP contribution in [0.15, 0.2) is 48.8 Å². The number of anilines is 2. The molecule has 0 radical (unpaired) electrons. The third-order valence-electron chi connectivity index (χ3n) is 3.70. The van der Waals surface area contributed by atoms with Crippen molar-refractivity contribution in [1.82, 2.24) is 15.0 Å². The first kappa shape index (κ1) is 14.5. The van der Waals surface area contributed by atoms with Crippen LogP contribution < -0.4 is 5.32 Å². The van der Waals surface area contributed by atoms with Gasteiger partial charge in [0, 0.05) is 33.9 Å². The Labute approximate surface area is 141 Å². The number of aromatic carboxylic acids is 1. The second kappa shape index (κ2) is 5.50. The van der Waals surface area contributed by atoms with Gasteiger partial charge >= 0.3 is 5.97 Å². The van der Waals surface area contributed by atoms with Crippen LogP contribution in [0.5, 0.6) is 0 Å². The number of nitrogens with zero attached hydrogens (tertiary/aromatic N) is 2. The lowest BCUT2D eigenvalue weighted by molar-refractivity contribution is 0.0691. The summed E-state index contributed by atoms with van der Waals surface area (Å²) in [6, 6.07) is 10.7. The lowest BCUT2D eigenvalue weighted by atomic mass is 10.1. The monoisotopic (exact) mass is 338 g/mol. The molecule has 0 fully saturated rings. The molecule has 24 heavy (non-hydrogen) atoms. The molecule has 3 N–H and O–H groups in total. The van der Waals surface area contributed by atoms with Gasteiger partial charge in [-0.15, -0.1) is 0 Å². The van der Waals surface area contributed by atoms with Gasteiger partial charge in [-0.2, -0.15) is 0 Å². The first-order valence-electron chi connectivity index (χ1n) is 7.14. The maximum atomic E-state index is 11.2. The van der Waals surface area contributed by atoms with Crippen LogP contribution in [-0.4, -0.2) is 26.0 Å². The van der Waals surface area contributed by atoms with E-state index >= 15 is 0 Å². The number of aromatic amines is 1. The van der Waals surface area contributed by atoms with Crippen molar-refractivity contribution in [2.75, 3.05) is 5.32 Å². The van der Waals surface area contributed by atoms with Gasteiger partial charge in [0.15, 0.2) is 0 Å². The summed E-state index contributed by atoms with van der Waals surface area (Å²) >= 11 is 6.02. The molecular formula is C17H11ClN4O2. The Bertz CT molecular complexity index is 1090. The van der Waals surface area contributed by atoms with E-state index < -0.39 is 5.97 Å². The number of H-pyrrole nitrogens is 1. The number of benzene rings is 1. The highest BCUT2D eigenvalue weighted by Gasteiger charge is 2.14. The van der Waals surface area contributed by atoms with Crippen molar-refractivity contribution in [2.24, 2.45) is 0 Å². The maximum Gasteiger partial charge on any atom is 0.352 e. The molecule has 0 atom stereocenters. The Morgan fingerprint density at radius 2 is 2.04 bits per heavy atom. The predicted octanol–water partition coefficient (Wildman–Crippen LogP) is 4.21. The Morgan fingerprint density at radius 1 is 1.17 bits per heavy atom. The van der Waals surface area contributed by atoms with Gasteiger partial charge < -0.3 is 15.4 Å². The van der Waals surface area contributed by atoms with Gasteiger partial charge in [-0.3, -0.25) is 4.98 Å². The zero-order valence-corrected chi connectivity index (χ0v) is 13.0. The van der Waals surface area contributed by atoms with Crippen molar-refractivity contribution in [1.29, 1.82) is 0 Å². The van der Waals surface area contributed by atoms with Crippen LogP contribution in [0.2, 0.25) is 5.02 Å². The molecule has 0 aliphatic carbocycles. The number of hydrogen-bond donors (Lipinski definition) is 3. The molecule has 1 aromatic carbocycles. The number of carbonyl (C=O) groups is 1. The van der Waals surface area contributed by atoms with E-state index in [-0.39, 0.29) is 5.69 Å². The number of carboxylic acids is 1. The van der Waals surface area contributed by atoms with Gasteiger partial charge in [-0.05, 0) is 35.7 Å². The normalized spacial score (nSPS) is 11.0. The van der Waals surface area contributed by atoms with Crippen molar-refractivity contribution in [3.8, 4) is 0 Å². The van der Waals surface area contributed by atoms with E-state index in [0.29, 0.717) is 16.5 Å². The van der Waals surface area contributed by atoms with Crippen LogP contribution in [0.1, 0.15) is 10.5 Å².